The summed E-state index contributed by atoms with van der Waals surface area (Å²) in [7, 11) is 0. The van der Waals surface area contributed by atoms with Crippen LogP contribution in [0, 0.1) is 0 Å². The molecule has 0 spiro atoms. The lowest BCUT2D eigenvalue weighted by atomic mass is 10.2. The molecule has 5 N–H and O–H groups in total. The number of likely N-dealkylation sites (tertiary alicyclic amines) is 1. The number of hydrogen-bond acceptors (Lipinski definition) is 4. The fourth-order valence-electron chi connectivity index (χ4n) is 2.86. The van der Waals surface area contributed by atoms with Gasteiger partial charge in [0.2, 0.25) is 5.91 Å². The van der Waals surface area contributed by atoms with E-state index in [1.807, 2.05) is 0 Å². The summed E-state index contributed by atoms with van der Waals surface area (Å²) in [6, 6.07) is 4.00. The summed E-state index contributed by atoms with van der Waals surface area (Å²) in [5.74, 6) is -0.627. The zero-order valence-electron chi connectivity index (χ0n) is 14.1. The monoisotopic (exact) mass is 368 g/mol. The number of hydrogen-bond donors (Lipinski definition) is 4. The first kappa shape index (κ1) is 19.5. The fraction of sp³-hybridized carbons (Fsp3) is 0.529. The molecule has 1 saturated heterocycles. The Hall–Kier alpha value is -1.83. The van der Waals surface area contributed by atoms with Gasteiger partial charge in [-0.2, -0.15) is 0 Å². The van der Waals surface area contributed by atoms with Crippen LogP contribution in [-0.4, -0.2) is 54.2 Å². The highest BCUT2D eigenvalue weighted by molar-refractivity contribution is 6.34. The van der Waals surface area contributed by atoms with Gasteiger partial charge in [-0.15, -0.1) is 0 Å². The van der Waals surface area contributed by atoms with Gasteiger partial charge >= 0.3 is 6.03 Å². The molecule has 0 saturated carbocycles. The number of urea groups is 1. The predicted octanol–water partition coefficient (Wildman–Crippen LogP) is 1.80. The Bertz CT molecular complexity index is 604. The first-order chi connectivity index (χ1) is 12.0. The topological polar surface area (TPSA) is 108 Å². The molecule has 8 heteroatoms. The molecule has 0 aliphatic carbocycles. The van der Waals surface area contributed by atoms with Crippen LogP contribution in [0.3, 0.4) is 0 Å². The number of benzene rings is 1. The summed E-state index contributed by atoms with van der Waals surface area (Å²) in [5.41, 5.74) is 5.81. The van der Waals surface area contributed by atoms with Crippen molar-refractivity contribution < 1.29 is 14.7 Å². The van der Waals surface area contributed by atoms with Crippen molar-refractivity contribution in [3.8, 4) is 0 Å². The molecule has 2 rings (SSSR count). The zero-order chi connectivity index (χ0) is 18.2. The molecule has 1 aromatic rings. The van der Waals surface area contributed by atoms with Gasteiger partial charge in [-0.05, 0) is 44.1 Å². The van der Waals surface area contributed by atoms with E-state index in [1.54, 1.807) is 6.07 Å². The van der Waals surface area contributed by atoms with E-state index in [2.05, 4.69) is 15.5 Å². The average molecular weight is 369 g/mol. The number of aliphatic hydroxyl groups excluding tert-OH is 1. The zero-order valence-corrected chi connectivity index (χ0v) is 14.9. The summed E-state index contributed by atoms with van der Waals surface area (Å²) >= 11 is 5.94. The molecule has 1 aliphatic heterocycles. The smallest absolute Gasteiger partial charge is 0.319 e. The minimum Gasteiger partial charge on any atom is -0.390 e. The minimum absolute atomic E-state index is 0.162. The highest BCUT2D eigenvalue weighted by atomic mass is 35.5. The number of anilines is 1. The van der Waals surface area contributed by atoms with E-state index in [0.717, 1.165) is 25.9 Å². The summed E-state index contributed by atoms with van der Waals surface area (Å²) in [6.07, 6.45) is 4.17. The van der Waals surface area contributed by atoms with Crippen molar-refractivity contribution in [2.75, 3.05) is 31.5 Å². The molecule has 1 fully saturated rings. The Morgan fingerprint density at radius 3 is 2.52 bits per heavy atom. The van der Waals surface area contributed by atoms with E-state index in [0.29, 0.717) is 12.2 Å². The molecular formula is C17H25ClN4O3. The van der Waals surface area contributed by atoms with Crippen LogP contribution >= 0.6 is 11.6 Å². The molecule has 0 radical (unpaired) electrons. The number of carbonyl (C=O) groups excluding carboxylic acids is 2. The quantitative estimate of drug-likeness (QED) is 0.614. The molecule has 25 heavy (non-hydrogen) atoms. The summed E-state index contributed by atoms with van der Waals surface area (Å²) in [4.78, 5) is 25.3. The molecule has 3 amide bonds. The second kappa shape index (κ2) is 9.60. The van der Waals surface area contributed by atoms with Crippen molar-refractivity contribution in [3.05, 3.63) is 28.8 Å². The summed E-state index contributed by atoms with van der Waals surface area (Å²) in [6.45, 7) is 2.71. The number of halogens is 1. The maximum absolute atomic E-state index is 11.9. The molecule has 138 valence electrons. The number of nitrogens with two attached hydrogens (primary N) is 1. The van der Waals surface area contributed by atoms with E-state index < -0.39 is 18.0 Å². The highest BCUT2D eigenvalue weighted by Crippen LogP contribution is 2.20. The van der Waals surface area contributed by atoms with Gasteiger partial charge in [0.15, 0.2) is 0 Å². The fourth-order valence-corrected chi connectivity index (χ4v) is 3.13. The van der Waals surface area contributed by atoms with Crippen LogP contribution in [0.4, 0.5) is 10.5 Å². The third-order valence-electron chi connectivity index (χ3n) is 4.16. The number of rotatable bonds is 6. The molecule has 1 aromatic carbocycles. The van der Waals surface area contributed by atoms with Crippen molar-refractivity contribution in [1.29, 1.82) is 0 Å². The number of aliphatic hydroxyl groups is 1. The van der Waals surface area contributed by atoms with Gasteiger partial charge in [0.1, 0.15) is 0 Å². The van der Waals surface area contributed by atoms with Crippen molar-refractivity contribution >= 4 is 29.2 Å². The van der Waals surface area contributed by atoms with Crippen LogP contribution in [0.5, 0.6) is 0 Å². The molecule has 0 bridgehead atoms. The number of primary amides is 1. The van der Waals surface area contributed by atoms with Crippen molar-refractivity contribution in [1.82, 2.24) is 10.2 Å². The second-order valence-electron chi connectivity index (χ2n) is 6.26. The molecule has 1 atom stereocenters. The van der Waals surface area contributed by atoms with Crippen LogP contribution in [0.25, 0.3) is 0 Å². The first-order valence-electron chi connectivity index (χ1n) is 8.50. The Kier molecular flexibility index (Phi) is 7.49. The van der Waals surface area contributed by atoms with Gasteiger partial charge in [0.05, 0.1) is 16.7 Å². The van der Waals surface area contributed by atoms with Gasteiger partial charge in [-0.3, -0.25) is 4.79 Å². The van der Waals surface area contributed by atoms with Crippen molar-refractivity contribution in [3.63, 3.8) is 0 Å². The molecule has 0 aromatic heterocycles. The molecule has 1 aliphatic rings. The lowest BCUT2D eigenvalue weighted by Gasteiger charge is -2.23. The SMILES string of the molecule is NC(=O)c1ccc(NC(=O)NC[C@@H](O)CN2CCCCCC2)cc1Cl. The van der Waals surface area contributed by atoms with Gasteiger partial charge in [0.25, 0.3) is 0 Å². The van der Waals surface area contributed by atoms with Crippen LogP contribution in [0.2, 0.25) is 5.02 Å². The van der Waals surface area contributed by atoms with Crippen LogP contribution < -0.4 is 16.4 Å². The number of amides is 3. The molecule has 7 nitrogen and oxygen atoms in total. The number of carbonyl (C=O) groups is 2. The van der Waals surface area contributed by atoms with E-state index in [1.165, 1.54) is 25.0 Å². The molecular weight excluding hydrogens is 344 g/mol. The van der Waals surface area contributed by atoms with Gasteiger partial charge in [-0.25, -0.2) is 4.79 Å². The van der Waals surface area contributed by atoms with Crippen molar-refractivity contribution in [2.24, 2.45) is 5.73 Å². The first-order valence-corrected chi connectivity index (χ1v) is 8.88. The van der Waals surface area contributed by atoms with Gasteiger partial charge in [-0.1, -0.05) is 24.4 Å². The standard InChI is InChI=1S/C17H25ClN4O3/c18-15-9-12(5-6-14(15)16(19)24)21-17(25)20-10-13(23)11-22-7-3-1-2-4-8-22/h5-6,9,13,23H,1-4,7-8,10-11H2,(H2,19,24)(H2,20,21,25)/t13-/m1/s1. The third kappa shape index (κ3) is 6.53. The molecule has 1 heterocycles. The second-order valence-corrected chi connectivity index (χ2v) is 6.67. The summed E-state index contributed by atoms with van der Waals surface area (Å²) in [5, 5.41) is 15.5. The summed E-state index contributed by atoms with van der Waals surface area (Å²) < 4.78 is 0. The lowest BCUT2D eigenvalue weighted by molar-refractivity contribution is 0.100. The molecule has 0 unspecified atom stereocenters. The largest absolute Gasteiger partial charge is 0.390 e. The number of nitrogens with one attached hydrogen (secondary N) is 2. The average Bonchev–Trinajstić information content (AvgIpc) is 2.81. The Labute approximate surface area is 152 Å². The van der Waals surface area contributed by atoms with Crippen LogP contribution in [0.15, 0.2) is 18.2 Å². The predicted molar refractivity (Wildman–Crippen MR) is 97.9 cm³/mol. The Balaban J connectivity index is 1.76. The maximum Gasteiger partial charge on any atom is 0.319 e. The third-order valence-corrected chi connectivity index (χ3v) is 4.47. The Morgan fingerprint density at radius 2 is 1.92 bits per heavy atom. The minimum atomic E-state index is -0.627. The van der Waals surface area contributed by atoms with Crippen LogP contribution in [0.1, 0.15) is 36.0 Å². The Morgan fingerprint density at radius 1 is 1.24 bits per heavy atom. The number of nitrogens with zero attached hydrogens (tertiary/aromatic N) is 1. The number of β-amino-alcohol motifs (C(OH)–C–C–N with tert-alkyl or cyclic N) is 1. The van der Waals surface area contributed by atoms with E-state index in [-0.39, 0.29) is 17.1 Å². The normalized spacial score (nSPS) is 16.7. The van der Waals surface area contributed by atoms with Crippen molar-refractivity contribution in [2.45, 2.75) is 31.8 Å². The van der Waals surface area contributed by atoms with Crippen LogP contribution in [-0.2, 0) is 0 Å². The lowest BCUT2D eigenvalue weighted by Crippen LogP contribution is -2.41. The van der Waals surface area contributed by atoms with E-state index in [4.69, 9.17) is 17.3 Å². The maximum atomic E-state index is 11.9. The van der Waals surface area contributed by atoms with Gasteiger partial charge < -0.3 is 26.4 Å². The van der Waals surface area contributed by atoms with E-state index in [9.17, 15) is 14.7 Å². The van der Waals surface area contributed by atoms with E-state index >= 15 is 0 Å². The van der Waals surface area contributed by atoms with Gasteiger partial charge in [0, 0.05) is 18.8 Å². The highest BCUT2D eigenvalue weighted by Gasteiger charge is 2.15.